The highest BCUT2D eigenvalue weighted by molar-refractivity contribution is 5.77. The number of aryl methyl sites for hydroxylation is 1. The number of ether oxygens (including phenoxy) is 1. The molecule has 0 spiro atoms. The van der Waals surface area contributed by atoms with Crippen LogP contribution >= 0.6 is 0 Å². The van der Waals surface area contributed by atoms with Gasteiger partial charge in [-0.25, -0.2) is 4.39 Å². The minimum absolute atomic E-state index is 0.0187. The highest BCUT2D eigenvalue weighted by atomic mass is 19.1. The highest BCUT2D eigenvalue weighted by Crippen LogP contribution is 2.19. The van der Waals surface area contributed by atoms with Gasteiger partial charge < -0.3 is 10.1 Å². The van der Waals surface area contributed by atoms with Crippen molar-refractivity contribution in [3.63, 3.8) is 0 Å². The molecule has 0 saturated heterocycles. The molecule has 0 aliphatic heterocycles. The number of hydrogen-bond donors (Lipinski definition) is 1. The van der Waals surface area contributed by atoms with E-state index in [1.54, 1.807) is 19.2 Å². The van der Waals surface area contributed by atoms with Crippen molar-refractivity contribution in [2.24, 2.45) is 0 Å². The zero-order chi connectivity index (χ0) is 18.2. The zero-order valence-electron chi connectivity index (χ0n) is 15.0. The summed E-state index contributed by atoms with van der Waals surface area (Å²) >= 11 is 0. The van der Waals surface area contributed by atoms with Gasteiger partial charge in [0.1, 0.15) is 11.6 Å². The summed E-state index contributed by atoms with van der Waals surface area (Å²) in [6, 6.07) is 12.4. The fourth-order valence-electron chi connectivity index (χ4n) is 2.70. The van der Waals surface area contributed by atoms with Crippen LogP contribution in [0.4, 0.5) is 4.39 Å². The molecule has 0 saturated carbocycles. The number of amides is 1. The summed E-state index contributed by atoms with van der Waals surface area (Å²) in [6.07, 6.45) is 0.688. The Hall–Kier alpha value is -2.40. The third kappa shape index (κ3) is 6.19. The van der Waals surface area contributed by atoms with Crippen LogP contribution in [0.3, 0.4) is 0 Å². The Kier molecular flexibility index (Phi) is 6.95. The van der Waals surface area contributed by atoms with Gasteiger partial charge in [-0.2, -0.15) is 0 Å². The Labute approximate surface area is 148 Å². The van der Waals surface area contributed by atoms with Crippen LogP contribution in [-0.4, -0.2) is 38.1 Å². The van der Waals surface area contributed by atoms with Crippen LogP contribution in [0.15, 0.2) is 42.5 Å². The molecule has 0 heterocycles. The maximum Gasteiger partial charge on any atom is 0.234 e. The average Bonchev–Trinajstić information content (AvgIpc) is 2.56. The Morgan fingerprint density at radius 3 is 2.48 bits per heavy atom. The number of hydrogen-bond acceptors (Lipinski definition) is 3. The number of carbonyl (C=O) groups is 1. The second-order valence-corrected chi connectivity index (χ2v) is 6.20. The minimum Gasteiger partial charge on any atom is -0.496 e. The first kappa shape index (κ1) is 18.9. The summed E-state index contributed by atoms with van der Waals surface area (Å²) in [5.41, 5.74) is 3.22. The van der Waals surface area contributed by atoms with Gasteiger partial charge in [0, 0.05) is 13.1 Å². The fraction of sp³-hybridized carbons (Fsp3) is 0.350. The molecule has 0 unspecified atom stereocenters. The van der Waals surface area contributed by atoms with Gasteiger partial charge >= 0.3 is 0 Å². The second kappa shape index (κ2) is 9.18. The van der Waals surface area contributed by atoms with Gasteiger partial charge in [0.2, 0.25) is 5.91 Å². The van der Waals surface area contributed by atoms with E-state index in [2.05, 4.69) is 11.4 Å². The van der Waals surface area contributed by atoms with Crippen molar-refractivity contribution in [3.05, 3.63) is 65.0 Å². The maximum absolute atomic E-state index is 12.8. The van der Waals surface area contributed by atoms with E-state index < -0.39 is 0 Å². The molecule has 2 aromatic rings. The molecule has 0 radical (unpaired) electrons. The maximum atomic E-state index is 12.8. The summed E-state index contributed by atoms with van der Waals surface area (Å²) in [7, 11) is 3.57. The monoisotopic (exact) mass is 344 g/mol. The molecule has 4 nitrogen and oxygen atoms in total. The van der Waals surface area contributed by atoms with Gasteiger partial charge in [-0.05, 0) is 55.3 Å². The smallest absolute Gasteiger partial charge is 0.234 e. The van der Waals surface area contributed by atoms with Gasteiger partial charge in [-0.1, -0.05) is 24.3 Å². The van der Waals surface area contributed by atoms with Crippen molar-refractivity contribution in [1.82, 2.24) is 10.2 Å². The number of nitrogens with one attached hydrogen (secondary N) is 1. The number of nitrogens with zero attached hydrogens (tertiary/aromatic N) is 1. The number of carbonyl (C=O) groups excluding carboxylic acids is 1. The molecule has 0 atom stereocenters. The summed E-state index contributed by atoms with van der Waals surface area (Å²) < 4.78 is 18.1. The van der Waals surface area contributed by atoms with Crippen LogP contribution in [0, 0.1) is 12.7 Å². The highest BCUT2D eigenvalue weighted by Gasteiger charge is 2.08. The van der Waals surface area contributed by atoms with Gasteiger partial charge in [-0.3, -0.25) is 9.69 Å². The van der Waals surface area contributed by atoms with E-state index in [1.807, 2.05) is 31.0 Å². The Balaban J connectivity index is 1.74. The van der Waals surface area contributed by atoms with Gasteiger partial charge in [0.05, 0.1) is 13.7 Å². The molecule has 1 N–H and O–H groups in total. The first-order valence-corrected chi connectivity index (χ1v) is 8.31. The number of rotatable bonds is 8. The quantitative estimate of drug-likeness (QED) is 0.801. The summed E-state index contributed by atoms with van der Waals surface area (Å²) in [5, 5.41) is 2.90. The Morgan fingerprint density at radius 1 is 1.16 bits per heavy atom. The summed E-state index contributed by atoms with van der Waals surface area (Å²) in [4.78, 5) is 14.0. The van der Waals surface area contributed by atoms with Gasteiger partial charge in [0.25, 0.3) is 0 Å². The van der Waals surface area contributed by atoms with Crippen LogP contribution < -0.4 is 10.1 Å². The lowest BCUT2D eigenvalue weighted by molar-refractivity contribution is -0.122. The number of benzene rings is 2. The molecule has 2 rings (SSSR count). The van der Waals surface area contributed by atoms with Crippen LogP contribution in [0.5, 0.6) is 5.75 Å². The molecule has 134 valence electrons. The van der Waals surface area contributed by atoms with Crippen LogP contribution in [0.25, 0.3) is 0 Å². The molecule has 0 aliphatic rings. The molecule has 25 heavy (non-hydrogen) atoms. The number of likely N-dealkylation sites (N-methyl/N-ethyl adjacent to an activating group) is 1. The summed E-state index contributed by atoms with van der Waals surface area (Å²) in [5.74, 6) is 0.600. The zero-order valence-corrected chi connectivity index (χ0v) is 15.0. The third-order valence-corrected chi connectivity index (χ3v) is 3.97. The number of methoxy groups -OCH3 is 1. The van der Waals surface area contributed by atoms with Crippen molar-refractivity contribution in [2.45, 2.75) is 19.9 Å². The SMILES string of the molecule is COc1ccc(CN(C)CC(=O)NCCc2ccc(F)cc2)cc1C. The predicted octanol–water partition coefficient (Wildman–Crippen LogP) is 2.93. The molecule has 0 bridgehead atoms. The van der Waals surface area contributed by atoms with Crippen LogP contribution in [0.2, 0.25) is 0 Å². The first-order valence-electron chi connectivity index (χ1n) is 8.31. The van der Waals surface area contributed by atoms with Crippen LogP contribution in [-0.2, 0) is 17.8 Å². The van der Waals surface area contributed by atoms with Crippen molar-refractivity contribution in [3.8, 4) is 5.75 Å². The van der Waals surface area contributed by atoms with E-state index in [1.165, 1.54) is 12.1 Å². The molecular formula is C20H25FN2O2. The van der Waals surface area contributed by atoms with Crippen molar-refractivity contribution in [1.29, 1.82) is 0 Å². The van der Waals surface area contributed by atoms with Crippen LogP contribution in [0.1, 0.15) is 16.7 Å². The Bertz CT molecular complexity index is 701. The van der Waals surface area contributed by atoms with Gasteiger partial charge in [-0.15, -0.1) is 0 Å². The van der Waals surface area contributed by atoms with E-state index in [4.69, 9.17) is 4.74 Å². The molecular weight excluding hydrogens is 319 g/mol. The van der Waals surface area contributed by atoms with Crippen molar-refractivity contribution >= 4 is 5.91 Å². The van der Waals surface area contributed by atoms with Crippen molar-refractivity contribution < 1.29 is 13.9 Å². The van der Waals surface area contributed by atoms with E-state index in [-0.39, 0.29) is 11.7 Å². The van der Waals surface area contributed by atoms with Crippen molar-refractivity contribution in [2.75, 3.05) is 27.2 Å². The van der Waals surface area contributed by atoms with E-state index in [9.17, 15) is 9.18 Å². The molecule has 0 aliphatic carbocycles. The predicted molar refractivity (Wildman–Crippen MR) is 97.2 cm³/mol. The minimum atomic E-state index is -0.247. The fourth-order valence-corrected chi connectivity index (χ4v) is 2.70. The second-order valence-electron chi connectivity index (χ2n) is 6.20. The molecule has 1 amide bonds. The molecule has 5 heteroatoms. The number of halogens is 1. The molecule has 0 fully saturated rings. The normalized spacial score (nSPS) is 10.8. The van der Waals surface area contributed by atoms with E-state index in [0.717, 1.165) is 22.4 Å². The topological polar surface area (TPSA) is 41.6 Å². The third-order valence-electron chi connectivity index (χ3n) is 3.97. The van der Waals surface area contributed by atoms with Gasteiger partial charge in [0.15, 0.2) is 0 Å². The van der Waals surface area contributed by atoms with E-state index >= 15 is 0 Å². The largest absolute Gasteiger partial charge is 0.496 e. The van der Waals surface area contributed by atoms with E-state index in [0.29, 0.717) is 26.1 Å². The lowest BCUT2D eigenvalue weighted by Gasteiger charge is -2.17. The average molecular weight is 344 g/mol. The molecule has 2 aromatic carbocycles. The Morgan fingerprint density at radius 2 is 1.84 bits per heavy atom. The first-order chi connectivity index (χ1) is 12.0. The molecule has 0 aromatic heterocycles. The standard InChI is InChI=1S/C20H25FN2O2/c1-15-12-17(6-9-19(15)25-3)13-23(2)14-20(24)22-11-10-16-4-7-18(21)8-5-16/h4-9,12H,10-11,13-14H2,1-3H3,(H,22,24). The lowest BCUT2D eigenvalue weighted by atomic mass is 10.1. The lowest BCUT2D eigenvalue weighted by Crippen LogP contribution is -2.35. The summed E-state index contributed by atoms with van der Waals surface area (Å²) in [6.45, 7) is 3.56.